The Balaban J connectivity index is 1.64. The third kappa shape index (κ3) is 6.97. The van der Waals surface area contributed by atoms with E-state index in [-0.39, 0.29) is 0 Å². The van der Waals surface area contributed by atoms with Crippen molar-refractivity contribution in [2.24, 2.45) is 4.99 Å². The Kier molecular flexibility index (Phi) is 9.38. The molecule has 2 aromatic rings. The number of guanidine groups is 1. The summed E-state index contributed by atoms with van der Waals surface area (Å²) in [5.41, 5.74) is 3.95. The number of aliphatic imine (C=N–C) groups is 1. The second-order valence-corrected chi connectivity index (χ2v) is 8.70. The van der Waals surface area contributed by atoms with Gasteiger partial charge >= 0.3 is 0 Å². The van der Waals surface area contributed by atoms with E-state index < -0.39 is 0 Å². The van der Waals surface area contributed by atoms with Crippen molar-refractivity contribution in [3.8, 4) is 5.75 Å². The first kappa shape index (κ1) is 24.1. The van der Waals surface area contributed by atoms with E-state index in [0.29, 0.717) is 6.04 Å². The zero-order chi connectivity index (χ0) is 22.8. The zero-order valence-electron chi connectivity index (χ0n) is 20.1. The van der Waals surface area contributed by atoms with Crippen LogP contribution in [0.5, 0.6) is 5.75 Å². The van der Waals surface area contributed by atoms with Crippen LogP contribution < -0.4 is 15.4 Å². The third-order valence-corrected chi connectivity index (χ3v) is 6.07. The molecule has 0 spiro atoms. The Labute approximate surface area is 193 Å². The van der Waals surface area contributed by atoms with E-state index >= 15 is 0 Å². The minimum Gasteiger partial charge on any atom is -0.497 e. The maximum atomic E-state index is 5.36. The summed E-state index contributed by atoms with van der Waals surface area (Å²) in [5, 5.41) is 7.09. The van der Waals surface area contributed by atoms with Crippen molar-refractivity contribution < 1.29 is 4.74 Å². The normalized spacial score (nSPS) is 16.1. The largest absolute Gasteiger partial charge is 0.497 e. The molecule has 1 heterocycles. The Morgan fingerprint density at radius 2 is 1.69 bits per heavy atom. The Bertz CT molecular complexity index is 844. The molecule has 3 rings (SSSR count). The molecule has 32 heavy (non-hydrogen) atoms. The van der Waals surface area contributed by atoms with Gasteiger partial charge in [-0.3, -0.25) is 9.89 Å². The van der Waals surface area contributed by atoms with E-state index in [1.165, 1.54) is 36.0 Å². The van der Waals surface area contributed by atoms with Crippen LogP contribution in [0.3, 0.4) is 0 Å². The average molecular weight is 438 g/mol. The van der Waals surface area contributed by atoms with Crippen LogP contribution in [0.2, 0.25) is 0 Å². The number of nitrogens with one attached hydrogen (secondary N) is 2. The Hall–Kier alpha value is -2.57. The summed E-state index contributed by atoms with van der Waals surface area (Å²) in [6.07, 6.45) is 3.86. The highest BCUT2D eigenvalue weighted by Crippen LogP contribution is 2.25. The van der Waals surface area contributed by atoms with Gasteiger partial charge in [-0.05, 0) is 68.8 Å². The monoisotopic (exact) mass is 437 g/mol. The van der Waals surface area contributed by atoms with Crippen molar-refractivity contribution in [3.63, 3.8) is 0 Å². The van der Waals surface area contributed by atoms with E-state index in [1.54, 1.807) is 7.11 Å². The lowest BCUT2D eigenvalue weighted by atomic mass is 10.0. The molecule has 0 aromatic heterocycles. The minimum atomic E-state index is 0.306. The van der Waals surface area contributed by atoms with Gasteiger partial charge < -0.3 is 20.3 Å². The summed E-state index contributed by atoms with van der Waals surface area (Å²) in [7, 11) is 7.75. The fourth-order valence-corrected chi connectivity index (χ4v) is 4.33. The van der Waals surface area contributed by atoms with Gasteiger partial charge in [0.05, 0.1) is 13.2 Å². The summed E-state index contributed by atoms with van der Waals surface area (Å²) >= 11 is 0. The molecular weight excluding hydrogens is 398 g/mol. The molecule has 0 bridgehead atoms. The van der Waals surface area contributed by atoms with Gasteiger partial charge in [-0.1, -0.05) is 42.8 Å². The number of benzene rings is 2. The van der Waals surface area contributed by atoms with Crippen LogP contribution in [0.25, 0.3) is 0 Å². The molecule has 0 aliphatic carbocycles. The van der Waals surface area contributed by atoms with Crippen LogP contribution >= 0.6 is 0 Å². The van der Waals surface area contributed by atoms with Gasteiger partial charge in [-0.2, -0.15) is 0 Å². The summed E-state index contributed by atoms with van der Waals surface area (Å²) in [5.74, 6) is 1.73. The number of rotatable bonds is 9. The van der Waals surface area contributed by atoms with Crippen LogP contribution in [0, 0.1) is 0 Å². The molecule has 0 amide bonds. The molecule has 1 aliphatic rings. The first-order valence-corrected chi connectivity index (χ1v) is 11.6. The minimum absolute atomic E-state index is 0.306. The molecule has 1 fully saturated rings. The van der Waals surface area contributed by atoms with Crippen LogP contribution in [0.4, 0.5) is 0 Å². The summed E-state index contributed by atoms with van der Waals surface area (Å²) in [6.45, 7) is 4.77. The Morgan fingerprint density at radius 3 is 2.31 bits per heavy atom. The van der Waals surface area contributed by atoms with Gasteiger partial charge in [-0.15, -0.1) is 0 Å². The molecule has 1 saturated heterocycles. The van der Waals surface area contributed by atoms with E-state index in [9.17, 15) is 0 Å². The fourth-order valence-electron chi connectivity index (χ4n) is 4.33. The van der Waals surface area contributed by atoms with Crippen molar-refractivity contribution >= 4 is 5.96 Å². The summed E-state index contributed by atoms with van der Waals surface area (Å²) < 4.78 is 5.36. The van der Waals surface area contributed by atoms with Gasteiger partial charge in [-0.25, -0.2) is 0 Å². The SMILES string of the molecule is CN=C(NCc1ccccc1CN(C)C)NCC(c1ccc(OC)cc1)N1CCCCC1. The first-order valence-electron chi connectivity index (χ1n) is 11.6. The lowest BCUT2D eigenvalue weighted by molar-refractivity contribution is 0.164. The molecule has 6 heteroatoms. The highest BCUT2D eigenvalue weighted by atomic mass is 16.5. The smallest absolute Gasteiger partial charge is 0.191 e. The molecule has 2 N–H and O–H groups in total. The first-order chi connectivity index (χ1) is 15.6. The van der Waals surface area contributed by atoms with Crippen LogP contribution in [0.1, 0.15) is 42.0 Å². The van der Waals surface area contributed by atoms with E-state index in [1.807, 2.05) is 7.05 Å². The van der Waals surface area contributed by atoms with Gasteiger partial charge in [0.1, 0.15) is 5.75 Å². The molecule has 174 valence electrons. The lowest BCUT2D eigenvalue weighted by Gasteiger charge is -2.35. The number of piperidine rings is 1. The van der Waals surface area contributed by atoms with Gasteiger partial charge in [0, 0.05) is 26.7 Å². The number of hydrogen-bond acceptors (Lipinski definition) is 4. The maximum absolute atomic E-state index is 5.36. The zero-order valence-corrected chi connectivity index (χ0v) is 20.1. The molecule has 1 unspecified atom stereocenters. The molecular formula is C26H39N5O. The second kappa shape index (κ2) is 12.5. The van der Waals surface area contributed by atoms with E-state index in [0.717, 1.165) is 44.4 Å². The molecule has 1 aliphatic heterocycles. The summed E-state index contributed by atoms with van der Waals surface area (Å²) in [4.78, 5) is 9.27. The molecule has 6 nitrogen and oxygen atoms in total. The van der Waals surface area contributed by atoms with Crippen molar-refractivity contribution in [2.75, 3.05) is 47.9 Å². The molecule has 0 radical (unpaired) electrons. The van der Waals surface area contributed by atoms with Gasteiger partial charge in [0.25, 0.3) is 0 Å². The number of hydrogen-bond donors (Lipinski definition) is 2. The Morgan fingerprint density at radius 1 is 1.00 bits per heavy atom. The van der Waals surface area contributed by atoms with Crippen LogP contribution in [-0.4, -0.2) is 63.6 Å². The van der Waals surface area contributed by atoms with Crippen molar-refractivity contribution in [1.29, 1.82) is 0 Å². The summed E-state index contributed by atoms with van der Waals surface area (Å²) in [6, 6.07) is 17.4. The number of methoxy groups -OCH3 is 1. The van der Waals surface area contributed by atoms with Gasteiger partial charge in [0.15, 0.2) is 5.96 Å². The second-order valence-electron chi connectivity index (χ2n) is 8.70. The fraction of sp³-hybridized carbons (Fsp3) is 0.500. The van der Waals surface area contributed by atoms with E-state index in [4.69, 9.17) is 4.74 Å². The highest BCUT2D eigenvalue weighted by Gasteiger charge is 2.22. The van der Waals surface area contributed by atoms with Crippen LogP contribution in [0.15, 0.2) is 53.5 Å². The van der Waals surface area contributed by atoms with Crippen LogP contribution in [-0.2, 0) is 13.1 Å². The average Bonchev–Trinajstić information content (AvgIpc) is 2.82. The van der Waals surface area contributed by atoms with Crippen molar-refractivity contribution in [3.05, 3.63) is 65.2 Å². The maximum Gasteiger partial charge on any atom is 0.191 e. The molecule has 0 saturated carbocycles. The number of ether oxygens (including phenoxy) is 1. The number of nitrogens with zero attached hydrogens (tertiary/aromatic N) is 3. The van der Waals surface area contributed by atoms with E-state index in [2.05, 4.69) is 88.1 Å². The topological polar surface area (TPSA) is 52.1 Å². The van der Waals surface area contributed by atoms with Crippen molar-refractivity contribution in [2.45, 2.75) is 38.4 Å². The third-order valence-electron chi connectivity index (χ3n) is 6.07. The van der Waals surface area contributed by atoms with Gasteiger partial charge in [0.2, 0.25) is 0 Å². The van der Waals surface area contributed by atoms with Crippen molar-refractivity contribution in [1.82, 2.24) is 20.4 Å². The predicted octanol–water partition coefficient (Wildman–Crippen LogP) is 3.65. The standard InChI is InChI=1S/C26H39N5O/c1-27-26(28-18-22-10-6-7-11-23(22)20-30(2)3)29-19-25(31-16-8-5-9-17-31)21-12-14-24(32-4)15-13-21/h6-7,10-15,25H,5,8-9,16-20H2,1-4H3,(H2,27,28,29). The lowest BCUT2D eigenvalue weighted by Crippen LogP contribution is -2.44. The predicted molar refractivity (Wildman–Crippen MR) is 133 cm³/mol. The highest BCUT2D eigenvalue weighted by molar-refractivity contribution is 5.79. The molecule has 2 aromatic carbocycles. The molecule has 1 atom stereocenters. The number of likely N-dealkylation sites (tertiary alicyclic amines) is 1. The quantitative estimate of drug-likeness (QED) is 0.463.